The lowest BCUT2D eigenvalue weighted by atomic mass is 9.95. The molecule has 0 bridgehead atoms. The molecule has 2 fully saturated rings. The smallest absolute Gasteiger partial charge is 0.314 e. The van der Waals surface area contributed by atoms with Crippen LogP contribution in [-0.2, 0) is 5.41 Å². The van der Waals surface area contributed by atoms with Gasteiger partial charge in [-0.3, -0.25) is 0 Å². The molecule has 0 saturated heterocycles. The molecule has 2 atom stereocenters. The lowest BCUT2D eigenvalue weighted by Gasteiger charge is -2.20. The maximum Gasteiger partial charge on any atom is 0.314 e. The summed E-state index contributed by atoms with van der Waals surface area (Å²) in [6.07, 6.45) is 4.76. The molecule has 5 heteroatoms. The van der Waals surface area contributed by atoms with E-state index in [9.17, 15) is 9.90 Å². The van der Waals surface area contributed by atoms with Crippen LogP contribution in [0.1, 0.15) is 37.7 Å². The van der Waals surface area contributed by atoms with Crippen LogP contribution in [0.3, 0.4) is 0 Å². The van der Waals surface area contributed by atoms with Gasteiger partial charge in [0.2, 0.25) is 0 Å². The number of carbonyl (C=O) groups is 1. The number of rotatable bonds is 6. The second-order valence-electron chi connectivity index (χ2n) is 6.80. The first-order valence-electron chi connectivity index (χ1n) is 8.48. The fraction of sp³-hybridized carbons (Fsp3) is 0.611. The molecule has 2 amide bonds. The van der Waals surface area contributed by atoms with Crippen LogP contribution in [0.2, 0.25) is 0 Å². The normalized spacial score (nSPS) is 25.0. The number of aliphatic hydroxyl groups is 1. The molecule has 23 heavy (non-hydrogen) atoms. The van der Waals surface area contributed by atoms with Crippen LogP contribution in [0, 0.1) is 5.92 Å². The molecule has 0 radical (unpaired) electrons. The van der Waals surface area contributed by atoms with E-state index in [0.29, 0.717) is 13.1 Å². The van der Waals surface area contributed by atoms with E-state index in [-0.39, 0.29) is 23.5 Å². The number of para-hydroxylation sites is 1. The van der Waals surface area contributed by atoms with E-state index in [4.69, 9.17) is 4.74 Å². The minimum atomic E-state index is -0.265. The molecule has 0 aromatic heterocycles. The molecule has 2 aliphatic rings. The highest BCUT2D eigenvalue weighted by Crippen LogP contribution is 2.50. The number of methoxy groups -OCH3 is 1. The van der Waals surface area contributed by atoms with Crippen molar-refractivity contribution in [3.8, 4) is 5.75 Å². The summed E-state index contributed by atoms with van der Waals surface area (Å²) in [7, 11) is 1.68. The number of amides is 2. The molecule has 1 aromatic rings. The molecule has 0 heterocycles. The first-order chi connectivity index (χ1) is 11.1. The van der Waals surface area contributed by atoms with Gasteiger partial charge in [-0.05, 0) is 31.7 Å². The van der Waals surface area contributed by atoms with Gasteiger partial charge in [-0.1, -0.05) is 24.6 Å². The highest BCUT2D eigenvalue weighted by atomic mass is 16.5. The SMILES string of the molecule is COc1ccccc1C1(CNC(=O)NCC2CCCC2O)CC1. The summed E-state index contributed by atoms with van der Waals surface area (Å²) in [5.74, 6) is 1.09. The average molecular weight is 318 g/mol. The standard InChI is InChI=1S/C18H26N2O3/c1-23-16-8-3-2-6-14(16)18(9-10-18)12-20-17(22)19-11-13-5-4-7-15(13)21/h2-3,6,8,13,15,21H,4-5,7,9-12H2,1H3,(H2,19,20,22). The lowest BCUT2D eigenvalue weighted by Crippen LogP contribution is -2.42. The third kappa shape index (κ3) is 3.61. The molecule has 126 valence electrons. The Morgan fingerprint density at radius 1 is 1.30 bits per heavy atom. The molecule has 3 rings (SSSR count). The van der Waals surface area contributed by atoms with Gasteiger partial charge in [-0.2, -0.15) is 0 Å². The highest BCUT2D eigenvalue weighted by Gasteiger charge is 2.46. The van der Waals surface area contributed by atoms with Gasteiger partial charge in [0, 0.05) is 30.0 Å². The van der Waals surface area contributed by atoms with Crippen LogP contribution >= 0.6 is 0 Å². The molecule has 2 unspecified atom stereocenters. The largest absolute Gasteiger partial charge is 0.496 e. The minimum Gasteiger partial charge on any atom is -0.496 e. The average Bonchev–Trinajstić information content (AvgIpc) is 3.26. The van der Waals surface area contributed by atoms with Crippen LogP contribution in [0.5, 0.6) is 5.75 Å². The molecule has 1 aromatic carbocycles. The maximum atomic E-state index is 12.0. The van der Waals surface area contributed by atoms with Crippen molar-refractivity contribution in [3.63, 3.8) is 0 Å². The van der Waals surface area contributed by atoms with E-state index in [2.05, 4.69) is 16.7 Å². The number of nitrogens with one attached hydrogen (secondary N) is 2. The Labute approximate surface area is 137 Å². The summed E-state index contributed by atoms with van der Waals surface area (Å²) in [6, 6.07) is 7.88. The highest BCUT2D eigenvalue weighted by molar-refractivity contribution is 5.74. The van der Waals surface area contributed by atoms with E-state index >= 15 is 0 Å². The van der Waals surface area contributed by atoms with Gasteiger partial charge in [-0.25, -0.2) is 4.79 Å². The van der Waals surface area contributed by atoms with Crippen LogP contribution in [0.25, 0.3) is 0 Å². The summed E-state index contributed by atoms with van der Waals surface area (Å²) in [4.78, 5) is 12.0. The summed E-state index contributed by atoms with van der Waals surface area (Å²) in [5.41, 5.74) is 1.19. The minimum absolute atomic E-state index is 0.0107. The number of benzene rings is 1. The van der Waals surface area contributed by atoms with Crippen molar-refractivity contribution >= 4 is 6.03 Å². The van der Waals surface area contributed by atoms with Gasteiger partial charge in [0.15, 0.2) is 0 Å². The quantitative estimate of drug-likeness (QED) is 0.753. The number of ether oxygens (including phenoxy) is 1. The third-order valence-corrected chi connectivity index (χ3v) is 5.26. The van der Waals surface area contributed by atoms with Crippen LogP contribution < -0.4 is 15.4 Å². The van der Waals surface area contributed by atoms with Crippen LogP contribution in [0.15, 0.2) is 24.3 Å². The van der Waals surface area contributed by atoms with Gasteiger partial charge in [0.05, 0.1) is 13.2 Å². The van der Waals surface area contributed by atoms with Crippen molar-refractivity contribution in [2.45, 2.75) is 43.6 Å². The van der Waals surface area contributed by atoms with Gasteiger partial charge in [0.1, 0.15) is 5.75 Å². The number of aliphatic hydroxyl groups excluding tert-OH is 1. The molecule has 5 nitrogen and oxygen atoms in total. The van der Waals surface area contributed by atoms with E-state index in [1.165, 1.54) is 5.56 Å². The second-order valence-corrected chi connectivity index (χ2v) is 6.80. The number of hydrogen-bond acceptors (Lipinski definition) is 3. The molecule has 0 spiro atoms. The van der Waals surface area contributed by atoms with Gasteiger partial charge < -0.3 is 20.5 Å². The van der Waals surface area contributed by atoms with Gasteiger partial charge >= 0.3 is 6.03 Å². The predicted octanol–water partition coefficient (Wildman–Crippen LogP) is 2.19. The maximum absolute atomic E-state index is 12.0. The summed E-state index contributed by atoms with van der Waals surface area (Å²) >= 11 is 0. The predicted molar refractivity (Wildman–Crippen MR) is 88.7 cm³/mol. The fourth-order valence-electron chi connectivity index (χ4n) is 3.57. The van der Waals surface area contributed by atoms with Crippen molar-refractivity contribution in [2.75, 3.05) is 20.2 Å². The molecule has 2 saturated carbocycles. The molecule has 0 aliphatic heterocycles. The zero-order valence-corrected chi connectivity index (χ0v) is 13.7. The van der Waals surface area contributed by atoms with Crippen molar-refractivity contribution in [2.24, 2.45) is 5.92 Å². The molecular weight excluding hydrogens is 292 g/mol. The number of hydrogen-bond donors (Lipinski definition) is 3. The van der Waals surface area contributed by atoms with Crippen LogP contribution in [0.4, 0.5) is 4.79 Å². The van der Waals surface area contributed by atoms with E-state index < -0.39 is 0 Å². The lowest BCUT2D eigenvalue weighted by molar-refractivity contribution is 0.132. The summed E-state index contributed by atoms with van der Waals surface area (Å²) in [5, 5.41) is 15.7. The first-order valence-corrected chi connectivity index (χ1v) is 8.48. The topological polar surface area (TPSA) is 70.6 Å². The van der Waals surface area contributed by atoms with Gasteiger partial charge in [0.25, 0.3) is 0 Å². The summed E-state index contributed by atoms with van der Waals surface area (Å²) in [6.45, 7) is 1.17. The van der Waals surface area contributed by atoms with Crippen molar-refractivity contribution in [1.82, 2.24) is 10.6 Å². The zero-order chi connectivity index (χ0) is 16.3. The fourth-order valence-corrected chi connectivity index (χ4v) is 3.57. The number of carbonyl (C=O) groups excluding carboxylic acids is 1. The molecular formula is C18H26N2O3. The third-order valence-electron chi connectivity index (χ3n) is 5.26. The van der Waals surface area contributed by atoms with Crippen LogP contribution in [-0.4, -0.2) is 37.4 Å². The second kappa shape index (κ2) is 6.79. The first kappa shape index (κ1) is 16.1. The van der Waals surface area contributed by atoms with E-state index in [1.54, 1.807) is 7.11 Å². The zero-order valence-electron chi connectivity index (χ0n) is 13.7. The van der Waals surface area contributed by atoms with Crippen molar-refractivity contribution in [3.05, 3.63) is 29.8 Å². The monoisotopic (exact) mass is 318 g/mol. The Morgan fingerprint density at radius 2 is 2.09 bits per heavy atom. The van der Waals surface area contributed by atoms with E-state index in [0.717, 1.165) is 37.9 Å². The Balaban J connectivity index is 1.50. The number of urea groups is 1. The Kier molecular flexibility index (Phi) is 4.76. The molecule has 2 aliphatic carbocycles. The Hall–Kier alpha value is -1.75. The van der Waals surface area contributed by atoms with E-state index in [1.807, 2.05) is 18.2 Å². The Morgan fingerprint density at radius 3 is 2.74 bits per heavy atom. The molecule has 3 N–H and O–H groups in total. The van der Waals surface area contributed by atoms with Crippen molar-refractivity contribution in [1.29, 1.82) is 0 Å². The van der Waals surface area contributed by atoms with Crippen molar-refractivity contribution < 1.29 is 14.6 Å². The Bertz CT molecular complexity index is 557. The summed E-state index contributed by atoms with van der Waals surface area (Å²) < 4.78 is 5.45. The van der Waals surface area contributed by atoms with Gasteiger partial charge in [-0.15, -0.1) is 0 Å².